The zero-order valence-electron chi connectivity index (χ0n) is 13.4. The second kappa shape index (κ2) is 7.77. The second-order valence-corrected chi connectivity index (χ2v) is 9.47. The summed E-state index contributed by atoms with van der Waals surface area (Å²) >= 11 is 0. The number of hydrogen-bond acceptors (Lipinski definition) is 5. The van der Waals surface area contributed by atoms with Crippen molar-refractivity contribution in [1.82, 2.24) is 10.0 Å². The van der Waals surface area contributed by atoms with Gasteiger partial charge < -0.3 is 5.32 Å². The van der Waals surface area contributed by atoms with Crippen LogP contribution in [0.5, 0.6) is 0 Å². The SMILES string of the molecule is CCS(=O)(=O)Nc1ccc(S(=O)(=O)NCCC2CCNC2)cc1F. The molecule has 24 heavy (non-hydrogen) atoms. The van der Waals surface area contributed by atoms with Gasteiger partial charge in [0.1, 0.15) is 5.82 Å². The van der Waals surface area contributed by atoms with Crippen LogP contribution in [0, 0.1) is 11.7 Å². The number of nitrogens with one attached hydrogen (secondary N) is 3. The molecule has 0 aliphatic carbocycles. The Morgan fingerprint density at radius 2 is 2.04 bits per heavy atom. The molecule has 0 saturated carbocycles. The summed E-state index contributed by atoms with van der Waals surface area (Å²) in [6, 6.07) is 3.10. The lowest BCUT2D eigenvalue weighted by Gasteiger charge is -2.11. The van der Waals surface area contributed by atoms with Crippen molar-refractivity contribution in [3.8, 4) is 0 Å². The summed E-state index contributed by atoms with van der Waals surface area (Å²) in [6.07, 6.45) is 1.73. The zero-order chi connectivity index (χ0) is 17.8. The van der Waals surface area contributed by atoms with E-state index in [9.17, 15) is 21.2 Å². The molecule has 1 fully saturated rings. The van der Waals surface area contributed by atoms with Crippen molar-refractivity contribution in [3.05, 3.63) is 24.0 Å². The Bertz CT molecular complexity index is 775. The summed E-state index contributed by atoms with van der Waals surface area (Å²) < 4.78 is 65.8. The molecule has 2 rings (SSSR count). The standard InChI is InChI=1S/C14H22FN3O4S2/c1-2-23(19,20)18-14-4-3-12(9-13(14)15)24(21,22)17-8-6-11-5-7-16-10-11/h3-4,9,11,16-18H,2,5-8,10H2,1H3. The highest BCUT2D eigenvalue weighted by molar-refractivity contribution is 7.92. The molecule has 7 nitrogen and oxygen atoms in total. The monoisotopic (exact) mass is 379 g/mol. The third kappa shape index (κ3) is 5.13. The lowest BCUT2D eigenvalue weighted by Crippen LogP contribution is -2.27. The number of hydrogen-bond donors (Lipinski definition) is 3. The summed E-state index contributed by atoms with van der Waals surface area (Å²) in [5, 5.41) is 3.21. The van der Waals surface area contributed by atoms with Gasteiger partial charge in [-0.25, -0.2) is 25.9 Å². The summed E-state index contributed by atoms with van der Waals surface area (Å²) in [5.41, 5.74) is -0.271. The Hall–Kier alpha value is -1.23. The molecule has 136 valence electrons. The highest BCUT2D eigenvalue weighted by Gasteiger charge is 2.19. The van der Waals surface area contributed by atoms with Crippen LogP contribution in [0.25, 0.3) is 0 Å². The lowest BCUT2D eigenvalue weighted by atomic mass is 10.1. The fourth-order valence-corrected chi connectivity index (χ4v) is 4.13. The van der Waals surface area contributed by atoms with Gasteiger partial charge in [-0.15, -0.1) is 0 Å². The van der Waals surface area contributed by atoms with Crippen molar-refractivity contribution in [3.63, 3.8) is 0 Å². The molecule has 1 aliphatic heterocycles. The van der Waals surface area contributed by atoms with E-state index in [1.165, 1.54) is 13.0 Å². The van der Waals surface area contributed by atoms with Crippen LogP contribution < -0.4 is 14.8 Å². The minimum atomic E-state index is -3.83. The van der Waals surface area contributed by atoms with Crippen LogP contribution in [0.1, 0.15) is 19.8 Å². The van der Waals surface area contributed by atoms with E-state index in [1.807, 2.05) is 0 Å². The first kappa shape index (κ1) is 19.1. The van der Waals surface area contributed by atoms with Crippen LogP contribution in [-0.4, -0.2) is 42.2 Å². The van der Waals surface area contributed by atoms with Gasteiger partial charge in [-0.05, 0) is 57.0 Å². The number of halogens is 1. The Balaban J connectivity index is 2.03. The molecule has 0 aromatic heterocycles. The summed E-state index contributed by atoms with van der Waals surface area (Å²) in [5.74, 6) is -0.700. The van der Waals surface area contributed by atoms with Crippen LogP contribution in [0.4, 0.5) is 10.1 Å². The maximum atomic E-state index is 14.0. The molecule has 0 radical (unpaired) electrons. The topological polar surface area (TPSA) is 104 Å². The van der Waals surface area contributed by atoms with E-state index in [2.05, 4.69) is 14.8 Å². The molecule has 1 saturated heterocycles. The van der Waals surface area contributed by atoms with Crippen LogP contribution in [0.3, 0.4) is 0 Å². The number of anilines is 1. The molecule has 0 bridgehead atoms. The molecule has 1 aliphatic rings. The van der Waals surface area contributed by atoms with Crippen LogP contribution in [0.2, 0.25) is 0 Å². The van der Waals surface area contributed by atoms with Gasteiger partial charge in [0.25, 0.3) is 0 Å². The number of benzene rings is 1. The number of rotatable bonds is 8. The summed E-state index contributed by atoms with van der Waals surface area (Å²) in [4.78, 5) is -0.232. The normalized spacial score (nSPS) is 18.7. The second-order valence-electron chi connectivity index (χ2n) is 5.69. The predicted molar refractivity (Wildman–Crippen MR) is 90.3 cm³/mol. The van der Waals surface area contributed by atoms with Crippen molar-refractivity contribution in [2.75, 3.05) is 30.1 Å². The van der Waals surface area contributed by atoms with Crippen molar-refractivity contribution in [1.29, 1.82) is 0 Å². The quantitative estimate of drug-likeness (QED) is 0.622. The Labute approximate surface area is 142 Å². The van der Waals surface area contributed by atoms with E-state index in [0.717, 1.165) is 31.6 Å². The average molecular weight is 379 g/mol. The molecule has 0 spiro atoms. The molecule has 10 heteroatoms. The number of sulfonamides is 2. The lowest BCUT2D eigenvalue weighted by molar-refractivity contribution is 0.519. The first-order valence-electron chi connectivity index (χ1n) is 7.74. The molecule has 3 N–H and O–H groups in total. The van der Waals surface area contributed by atoms with Crippen molar-refractivity contribution >= 4 is 25.7 Å². The Morgan fingerprint density at radius 1 is 1.29 bits per heavy atom. The minimum Gasteiger partial charge on any atom is -0.316 e. The van der Waals surface area contributed by atoms with E-state index in [0.29, 0.717) is 12.3 Å². The summed E-state index contributed by atoms with van der Waals surface area (Å²) in [7, 11) is -7.46. The molecule has 1 heterocycles. The van der Waals surface area contributed by atoms with Gasteiger partial charge in [-0.3, -0.25) is 4.72 Å². The largest absolute Gasteiger partial charge is 0.316 e. The highest BCUT2D eigenvalue weighted by atomic mass is 32.2. The van der Waals surface area contributed by atoms with Gasteiger partial charge in [0.15, 0.2) is 0 Å². The Kier molecular flexibility index (Phi) is 6.18. The molecule has 1 unspecified atom stereocenters. The van der Waals surface area contributed by atoms with E-state index in [-0.39, 0.29) is 22.9 Å². The first-order valence-corrected chi connectivity index (χ1v) is 10.9. The molecule has 1 aromatic rings. The maximum Gasteiger partial charge on any atom is 0.240 e. The van der Waals surface area contributed by atoms with Gasteiger partial charge in [0, 0.05) is 6.54 Å². The summed E-state index contributed by atoms with van der Waals surface area (Å²) in [6.45, 7) is 3.52. The third-order valence-corrected chi connectivity index (χ3v) is 6.65. The molecular weight excluding hydrogens is 357 g/mol. The van der Waals surface area contributed by atoms with Gasteiger partial charge in [0.05, 0.1) is 16.3 Å². The minimum absolute atomic E-state index is 0.204. The van der Waals surface area contributed by atoms with Crippen LogP contribution in [0.15, 0.2) is 23.1 Å². The first-order chi connectivity index (χ1) is 11.2. The molecule has 0 amide bonds. The fourth-order valence-electron chi connectivity index (χ4n) is 2.43. The molecular formula is C14H22FN3O4S2. The van der Waals surface area contributed by atoms with Crippen molar-refractivity contribution in [2.24, 2.45) is 5.92 Å². The van der Waals surface area contributed by atoms with E-state index >= 15 is 0 Å². The maximum absolute atomic E-state index is 14.0. The predicted octanol–water partition coefficient (Wildman–Crippen LogP) is 0.865. The van der Waals surface area contributed by atoms with E-state index < -0.39 is 25.9 Å². The smallest absolute Gasteiger partial charge is 0.240 e. The van der Waals surface area contributed by atoms with Crippen molar-refractivity contribution < 1.29 is 21.2 Å². The molecule has 1 atom stereocenters. The van der Waals surface area contributed by atoms with E-state index in [4.69, 9.17) is 0 Å². The van der Waals surface area contributed by atoms with Crippen LogP contribution >= 0.6 is 0 Å². The van der Waals surface area contributed by atoms with Gasteiger partial charge in [-0.2, -0.15) is 0 Å². The zero-order valence-corrected chi connectivity index (χ0v) is 15.0. The fraction of sp³-hybridized carbons (Fsp3) is 0.571. The van der Waals surface area contributed by atoms with Gasteiger partial charge in [-0.1, -0.05) is 0 Å². The van der Waals surface area contributed by atoms with E-state index in [1.54, 1.807) is 0 Å². The van der Waals surface area contributed by atoms with Crippen molar-refractivity contribution in [2.45, 2.75) is 24.7 Å². The Morgan fingerprint density at radius 3 is 2.62 bits per heavy atom. The van der Waals surface area contributed by atoms with Gasteiger partial charge >= 0.3 is 0 Å². The van der Waals surface area contributed by atoms with Crippen LogP contribution in [-0.2, 0) is 20.0 Å². The average Bonchev–Trinajstić information content (AvgIpc) is 3.02. The third-order valence-electron chi connectivity index (χ3n) is 3.90. The van der Waals surface area contributed by atoms with Gasteiger partial charge in [0.2, 0.25) is 20.0 Å². The highest BCUT2D eigenvalue weighted by Crippen LogP contribution is 2.20. The molecule has 1 aromatic carbocycles.